The lowest BCUT2D eigenvalue weighted by Gasteiger charge is -2.21. The normalized spacial score (nSPS) is 21.5. The standard InChI is InChI=1S/C9H12ClN3O2/c1-12-4-7(10)9(11-6-2-3-6)8(5-12)13(14)15/h4,6,11H,2-3,5H2,1H3. The van der Waals surface area contributed by atoms with Crippen molar-refractivity contribution in [2.24, 2.45) is 0 Å². The van der Waals surface area contributed by atoms with Crippen molar-refractivity contribution in [2.45, 2.75) is 18.9 Å². The summed E-state index contributed by atoms with van der Waals surface area (Å²) in [5, 5.41) is 14.4. The van der Waals surface area contributed by atoms with Crippen LogP contribution >= 0.6 is 11.6 Å². The van der Waals surface area contributed by atoms with E-state index in [2.05, 4.69) is 5.32 Å². The molecule has 6 heteroatoms. The Labute approximate surface area is 92.5 Å². The van der Waals surface area contributed by atoms with Crippen LogP contribution in [0.15, 0.2) is 22.6 Å². The van der Waals surface area contributed by atoms with Crippen molar-refractivity contribution in [2.75, 3.05) is 13.6 Å². The van der Waals surface area contributed by atoms with Crippen molar-refractivity contribution in [3.05, 3.63) is 32.7 Å². The molecule has 0 spiro atoms. The van der Waals surface area contributed by atoms with E-state index >= 15 is 0 Å². The topological polar surface area (TPSA) is 58.4 Å². The summed E-state index contributed by atoms with van der Waals surface area (Å²) >= 11 is 5.98. The second-order valence-corrected chi connectivity index (χ2v) is 4.30. The van der Waals surface area contributed by atoms with Crippen molar-refractivity contribution < 1.29 is 4.92 Å². The van der Waals surface area contributed by atoms with Crippen LogP contribution in [0.2, 0.25) is 0 Å². The Balaban J connectivity index is 2.27. The average molecular weight is 230 g/mol. The van der Waals surface area contributed by atoms with Gasteiger partial charge >= 0.3 is 0 Å². The van der Waals surface area contributed by atoms with Gasteiger partial charge in [0.1, 0.15) is 12.2 Å². The number of hydrogen-bond acceptors (Lipinski definition) is 4. The predicted molar refractivity (Wildman–Crippen MR) is 56.7 cm³/mol. The van der Waals surface area contributed by atoms with Gasteiger partial charge in [0.25, 0.3) is 5.70 Å². The largest absolute Gasteiger partial charge is 0.376 e. The van der Waals surface area contributed by atoms with Crippen molar-refractivity contribution in [1.29, 1.82) is 0 Å². The molecule has 5 nitrogen and oxygen atoms in total. The zero-order valence-electron chi connectivity index (χ0n) is 8.36. The fourth-order valence-corrected chi connectivity index (χ4v) is 1.82. The second kappa shape index (κ2) is 3.73. The first-order chi connectivity index (χ1) is 7.08. The van der Waals surface area contributed by atoms with E-state index in [0.717, 1.165) is 12.8 Å². The molecule has 15 heavy (non-hydrogen) atoms. The third-order valence-electron chi connectivity index (χ3n) is 2.41. The van der Waals surface area contributed by atoms with Crippen molar-refractivity contribution in [3.63, 3.8) is 0 Å². The van der Waals surface area contributed by atoms with Gasteiger partial charge in [-0.05, 0) is 12.8 Å². The summed E-state index contributed by atoms with van der Waals surface area (Å²) in [5.41, 5.74) is 0.638. The Morgan fingerprint density at radius 1 is 1.67 bits per heavy atom. The van der Waals surface area contributed by atoms with Gasteiger partial charge in [-0.15, -0.1) is 0 Å². The molecule has 1 N–H and O–H groups in total. The van der Waals surface area contributed by atoms with E-state index in [1.54, 1.807) is 18.1 Å². The van der Waals surface area contributed by atoms with Crippen LogP contribution in [0.3, 0.4) is 0 Å². The van der Waals surface area contributed by atoms with E-state index in [0.29, 0.717) is 16.8 Å². The molecule has 0 amide bonds. The maximum absolute atomic E-state index is 10.9. The lowest BCUT2D eigenvalue weighted by Crippen LogP contribution is -2.30. The van der Waals surface area contributed by atoms with Gasteiger partial charge in [0.2, 0.25) is 0 Å². The van der Waals surface area contributed by atoms with Gasteiger partial charge in [-0.1, -0.05) is 11.6 Å². The Morgan fingerprint density at radius 3 is 2.87 bits per heavy atom. The van der Waals surface area contributed by atoms with E-state index in [4.69, 9.17) is 11.6 Å². The molecule has 0 saturated heterocycles. The van der Waals surface area contributed by atoms with Gasteiger partial charge in [0.15, 0.2) is 0 Å². The molecule has 0 aromatic heterocycles. The lowest BCUT2D eigenvalue weighted by atomic mass is 10.2. The summed E-state index contributed by atoms with van der Waals surface area (Å²) in [5.74, 6) is 0. The first-order valence-electron chi connectivity index (χ1n) is 4.80. The maximum Gasteiger partial charge on any atom is 0.289 e. The summed E-state index contributed by atoms with van der Waals surface area (Å²) in [7, 11) is 1.76. The molecule has 1 saturated carbocycles. The molecule has 0 aromatic carbocycles. The first-order valence-corrected chi connectivity index (χ1v) is 5.17. The van der Waals surface area contributed by atoms with E-state index in [9.17, 15) is 10.1 Å². The number of halogens is 1. The fraction of sp³-hybridized carbons (Fsp3) is 0.556. The van der Waals surface area contributed by atoms with Crippen LogP contribution in [-0.4, -0.2) is 29.5 Å². The fourth-order valence-electron chi connectivity index (χ4n) is 1.49. The minimum absolute atomic E-state index is 0.150. The number of nitrogens with one attached hydrogen (secondary N) is 1. The van der Waals surface area contributed by atoms with Crippen LogP contribution < -0.4 is 5.32 Å². The Morgan fingerprint density at radius 2 is 2.33 bits per heavy atom. The van der Waals surface area contributed by atoms with Gasteiger partial charge < -0.3 is 10.2 Å². The Hall–Kier alpha value is -1.23. The van der Waals surface area contributed by atoms with E-state index in [1.807, 2.05) is 0 Å². The third kappa shape index (κ3) is 2.23. The van der Waals surface area contributed by atoms with Crippen molar-refractivity contribution in [1.82, 2.24) is 10.2 Å². The van der Waals surface area contributed by atoms with Crippen molar-refractivity contribution in [3.8, 4) is 0 Å². The average Bonchev–Trinajstić information content (AvgIpc) is 2.92. The molecule has 0 unspecified atom stereocenters. The summed E-state index contributed by atoms with van der Waals surface area (Å²) < 4.78 is 0. The smallest absolute Gasteiger partial charge is 0.289 e. The summed E-state index contributed by atoms with van der Waals surface area (Å²) in [6.07, 6.45) is 3.84. The molecule has 2 rings (SSSR count). The van der Waals surface area contributed by atoms with Gasteiger partial charge in [0, 0.05) is 19.3 Å². The van der Waals surface area contributed by atoms with Gasteiger partial charge in [0.05, 0.1) is 9.96 Å². The molecular formula is C9H12ClN3O2. The number of nitrogens with zero attached hydrogens (tertiary/aromatic N) is 2. The molecule has 1 heterocycles. The van der Waals surface area contributed by atoms with Crippen LogP contribution in [0.5, 0.6) is 0 Å². The summed E-state index contributed by atoms with van der Waals surface area (Å²) in [4.78, 5) is 12.2. The SMILES string of the molecule is CN1C=C(Cl)C(NC2CC2)=C([N+](=O)[O-])C1. The Kier molecular flexibility index (Phi) is 2.56. The molecular weight excluding hydrogens is 218 g/mol. The minimum atomic E-state index is -0.364. The van der Waals surface area contributed by atoms with E-state index in [1.165, 1.54) is 0 Å². The number of likely N-dealkylation sites (N-methyl/N-ethyl adjacent to an activating group) is 1. The highest BCUT2D eigenvalue weighted by Crippen LogP contribution is 2.28. The highest BCUT2D eigenvalue weighted by Gasteiger charge is 2.31. The maximum atomic E-state index is 10.9. The van der Waals surface area contributed by atoms with Crippen LogP contribution in [0.25, 0.3) is 0 Å². The highest BCUT2D eigenvalue weighted by molar-refractivity contribution is 6.32. The molecule has 0 radical (unpaired) electrons. The van der Waals surface area contributed by atoms with Crippen LogP contribution in [0.4, 0.5) is 0 Å². The van der Waals surface area contributed by atoms with Gasteiger partial charge in [-0.25, -0.2) is 0 Å². The zero-order chi connectivity index (χ0) is 11.0. The molecule has 2 aliphatic rings. The van der Waals surface area contributed by atoms with Gasteiger partial charge in [-0.3, -0.25) is 10.1 Å². The number of allylic oxidation sites excluding steroid dienone is 1. The summed E-state index contributed by atoms with van der Waals surface area (Å²) in [6, 6.07) is 0.362. The molecule has 1 aliphatic heterocycles. The van der Waals surface area contributed by atoms with E-state index in [-0.39, 0.29) is 17.2 Å². The van der Waals surface area contributed by atoms with Crippen molar-refractivity contribution >= 4 is 11.6 Å². The van der Waals surface area contributed by atoms with Crippen LogP contribution in [0, 0.1) is 10.1 Å². The Bertz CT molecular complexity index is 360. The van der Waals surface area contributed by atoms with Crippen LogP contribution in [0.1, 0.15) is 12.8 Å². The second-order valence-electron chi connectivity index (χ2n) is 3.89. The third-order valence-corrected chi connectivity index (χ3v) is 2.69. The van der Waals surface area contributed by atoms with E-state index < -0.39 is 0 Å². The molecule has 0 bridgehead atoms. The molecule has 0 aromatic rings. The van der Waals surface area contributed by atoms with Gasteiger partial charge in [-0.2, -0.15) is 0 Å². The predicted octanol–water partition coefficient (Wildman–Crippen LogP) is 1.25. The summed E-state index contributed by atoms with van der Waals surface area (Å²) in [6.45, 7) is 0.290. The molecule has 0 atom stereocenters. The number of rotatable bonds is 3. The lowest BCUT2D eigenvalue weighted by molar-refractivity contribution is -0.429. The number of hydrogen-bond donors (Lipinski definition) is 1. The zero-order valence-corrected chi connectivity index (χ0v) is 9.12. The van der Waals surface area contributed by atoms with Crippen LogP contribution in [-0.2, 0) is 0 Å². The quantitative estimate of drug-likeness (QED) is 0.585. The number of nitro groups is 1. The monoisotopic (exact) mass is 229 g/mol. The highest BCUT2D eigenvalue weighted by atomic mass is 35.5. The molecule has 82 valence electrons. The first kappa shape index (κ1) is 10.3. The molecule has 1 fully saturated rings. The minimum Gasteiger partial charge on any atom is -0.376 e. The molecule has 1 aliphatic carbocycles.